The van der Waals surface area contributed by atoms with Crippen LogP contribution in [0.25, 0.3) is 16.6 Å². The summed E-state index contributed by atoms with van der Waals surface area (Å²) in [4.78, 5) is 7.46. The van der Waals surface area contributed by atoms with Crippen LogP contribution in [-0.4, -0.2) is 38.6 Å². The summed E-state index contributed by atoms with van der Waals surface area (Å²) in [5.41, 5.74) is 5.82. The SMILES string of the molecule is Cc1cc2nc(NC3CCN(Cc4ccccc4C)CC3)c3ccccc3n2n1. The highest BCUT2D eigenvalue weighted by Gasteiger charge is 2.21. The van der Waals surface area contributed by atoms with Crippen LogP contribution in [0.5, 0.6) is 0 Å². The van der Waals surface area contributed by atoms with Crippen molar-refractivity contribution in [3.63, 3.8) is 0 Å². The smallest absolute Gasteiger partial charge is 0.158 e. The number of fused-ring (bicyclic) bond motifs is 3. The van der Waals surface area contributed by atoms with Crippen LogP contribution in [-0.2, 0) is 6.54 Å². The number of rotatable bonds is 4. The Balaban J connectivity index is 1.32. The standard InChI is InChI=1S/C24H27N5/c1-17-7-3-4-8-19(17)16-28-13-11-20(12-14-28)25-24-21-9-5-6-10-22(21)29-23(26-24)15-18(2)27-29/h3-10,15,20H,11-14,16H2,1-2H3,(H,25,26). The number of anilines is 1. The molecule has 3 heterocycles. The molecule has 4 aromatic rings. The molecular weight excluding hydrogens is 358 g/mol. The van der Waals surface area contributed by atoms with Gasteiger partial charge in [-0.15, -0.1) is 0 Å². The fourth-order valence-electron chi connectivity index (χ4n) is 4.34. The highest BCUT2D eigenvalue weighted by Crippen LogP contribution is 2.26. The molecule has 29 heavy (non-hydrogen) atoms. The summed E-state index contributed by atoms with van der Waals surface area (Å²) in [6.45, 7) is 7.48. The second kappa shape index (κ2) is 7.48. The van der Waals surface area contributed by atoms with Crippen molar-refractivity contribution >= 4 is 22.4 Å². The minimum atomic E-state index is 0.450. The van der Waals surface area contributed by atoms with Gasteiger partial charge in [0, 0.05) is 37.1 Å². The topological polar surface area (TPSA) is 45.5 Å². The molecule has 2 aromatic carbocycles. The minimum absolute atomic E-state index is 0.450. The van der Waals surface area contributed by atoms with E-state index in [-0.39, 0.29) is 0 Å². The predicted octanol–water partition coefficient (Wildman–Crippen LogP) is 4.58. The first-order valence-electron chi connectivity index (χ1n) is 10.5. The number of nitrogens with one attached hydrogen (secondary N) is 1. The van der Waals surface area contributed by atoms with Crippen LogP contribution >= 0.6 is 0 Å². The van der Waals surface area contributed by atoms with Gasteiger partial charge in [-0.2, -0.15) is 5.10 Å². The van der Waals surface area contributed by atoms with Crippen LogP contribution in [0, 0.1) is 13.8 Å². The molecule has 0 bridgehead atoms. The van der Waals surface area contributed by atoms with Crippen molar-refractivity contribution in [2.24, 2.45) is 0 Å². The first-order chi connectivity index (χ1) is 14.2. The third-order valence-electron chi connectivity index (χ3n) is 6.01. The second-order valence-electron chi connectivity index (χ2n) is 8.15. The monoisotopic (exact) mass is 385 g/mol. The van der Waals surface area contributed by atoms with E-state index < -0.39 is 0 Å². The number of likely N-dealkylation sites (tertiary alicyclic amines) is 1. The van der Waals surface area contributed by atoms with Crippen molar-refractivity contribution in [1.29, 1.82) is 0 Å². The summed E-state index contributed by atoms with van der Waals surface area (Å²) in [6, 6.07) is 19.6. The third kappa shape index (κ3) is 3.58. The Morgan fingerprint density at radius 1 is 1.00 bits per heavy atom. The zero-order valence-corrected chi connectivity index (χ0v) is 17.1. The Morgan fingerprint density at radius 3 is 2.59 bits per heavy atom. The molecule has 1 aliphatic heterocycles. The maximum absolute atomic E-state index is 4.89. The molecule has 0 unspecified atom stereocenters. The van der Waals surface area contributed by atoms with E-state index in [1.165, 1.54) is 11.1 Å². The molecule has 0 aliphatic carbocycles. The molecular formula is C24H27N5. The third-order valence-corrected chi connectivity index (χ3v) is 6.01. The molecule has 1 fully saturated rings. The average Bonchev–Trinajstić information content (AvgIpc) is 3.12. The van der Waals surface area contributed by atoms with E-state index in [1.54, 1.807) is 0 Å². The molecule has 0 spiro atoms. The zero-order valence-electron chi connectivity index (χ0n) is 17.1. The van der Waals surface area contributed by atoms with E-state index in [0.29, 0.717) is 6.04 Å². The van der Waals surface area contributed by atoms with Crippen LogP contribution in [0.1, 0.15) is 29.7 Å². The Morgan fingerprint density at radius 2 is 1.76 bits per heavy atom. The molecule has 148 valence electrons. The molecule has 5 rings (SSSR count). The Bertz CT molecular complexity index is 1150. The van der Waals surface area contributed by atoms with E-state index in [9.17, 15) is 0 Å². The van der Waals surface area contributed by atoms with Crippen molar-refractivity contribution in [2.45, 2.75) is 39.3 Å². The molecule has 5 nitrogen and oxygen atoms in total. The summed E-state index contributed by atoms with van der Waals surface area (Å²) < 4.78 is 1.95. The highest BCUT2D eigenvalue weighted by atomic mass is 15.3. The summed E-state index contributed by atoms with van der Waals surface area (Å²) >= 11 is 0. The van der Waals surface area contributed by atoms with Gasteiger partial charge in [0.15, 0.2) is 5.65 Å². The van der Waals surface area contributed by atoms with Gasteiger partial charge in [0.25, 0.3) is 0 Å². The van der Waals surface area contributed by atoms with Crippen LogP contribution in [0.4, 0.5) is 5.82 Å². The van der Waals surface area contributed by atoms with Gasteiger partial charge in [0.1, 0.15) is 5.82 Å². The van der Waals surface area contributed by atoms with E-state index in [4.69, 9.17) is 4.98 Å². The first kappa shape index (κ1) is 18.1. The lowest BCUT2D eigenvalue weighted by molar-refractivity contribution is 0.211. The molecule has 1 N–H and O–H groups in total. The maximum atomic E-state index is 4.89. The number of hydrogen-bond donors (Lipinski definition) is 1. The second-order valence-corrected chi connectivity index (χ2v) is 8.15. The fraction of sp³-hybridized carbons (Fsp3) is 0.333. The lowest BCUT2D eigenvalue weighted by atomic mass is 10.0. The Hall–Kier alpha value is -2.92. The van der Waals surface area contributed by atoms with Gasteiger partial charge >= 0.3 is 0 Å². The minimum Gasteiger partial charge on any atom is -0.367 e. The number of aryl methyl sites for hydroxylation is 2. The van der Waals surface area contributed by atoms with Gasteiger partial charge in [-0.3, -0.25) is 4.90 Å². The van der Waals surface area contributed by atoms with E-state index in [2.05, 4.69) is 70.8 Å². The number of hydrogen-bond acceptors (Lipinski definition) is 4. The van der Waals surface area contributed by atoms with Crippen molar-refractivity contribution in [3.8, 4) is 0 Å². The van der Waals surface area contributed by atoms with Crippen molar-refractivity contribution in [2.75, 3.05) is 18.4 Å². The number of benzene rings is 2. The lowest BCUT2D eigenvalue weighted by Crippen LogP contribution is -2.39. The zero-order chi connectivity index (χ0) is 19.8. The van der Waals surface area contributed by atoms with Crippen molar-refractivity contribution in [3.05, 3.63) is 71.4 Å². The highest BCUT2D eigenvalue weighted by molar-refractivity contribution is 5.91. The van der Waals surface area contributed by atoms with Crippen LogP contribution in [0.15, 0.2) is 54.6 Å². The number of aromatic nitrogens is 3. The molecule has 2 aromatic heterocycles. The van der Waals surface area contributed by atoms with Crippen molar-refractivity contribution in [1.82, 2.24) is 19.5 Å². The van der Waals surface area contributed by atoms with Crippen LogP contribution in [0.3, 0.4) is 0 Å². The first-order valence-corrected chi connectivity index (χ1v) is 10.5. The van der Waals surface area contributed by atoms with Gasteiger partial charge in [-0.1, -0.05) is 36.4 Å². The quantitative estimate of drug-likeness (QED) is 0.559. The Kier molecular flexibility index (Phi) is 4.68. The van der Waals surface area contributed by atoms with Crippen molar-refractivity contribution < 1.29 is 0 Å². The molecule has 0 radical (unpaired) electrons. The summed E-state index contributed by atoms with van der Waals surface area (Å²) in [5, 5.41) is 9.48. The van der Waals surface area contributed by atoms with E-state index in [1.807, 2.05) is 17.5 Å². The maximum Gasteiger partial charge on any atom is 0.158 e. The van der Waals surface area contributed by atoms with Gasteiger partial charge in [0.2, 0.25) is 0 Å². The van der Waals surface area contributed by atoms with Gasteiger partial charge in [-0.25, -0.2) is 9.50 Å². The molecule has 0 amide bonds. The molecule has 0 saturated carbocycles. The summed E-state index contributed by atoms with van der Waals surface area (Å²) in [7, 11) is 0. The van der Waals surface area contributed by atoms with Crippen LogP contribution in [0.2, 0.25) is 0 Å². The van der Waals surface area contributed by atoms with Crippen LogP contribution < -0.4 is 5.32 Å². The lowest BCUT2D eigenvalue weighted by Gasteiger charge is -2.33. The van der Waals surface area contributed by atoms with Gasteiger partial charge in [0.05, 0.1) is 11.2 Å². The molecule has 0 atom stereocenters. The van der Waals surface area contributed by atoms with E-state index >= 15 is 0 Å². The molecule has 5 heteroatoms. The number of piperidine rings is 1. The van der Waals surface area contributed by atoms with Gasteiger partial charge in [-0.05, 0) is 49.9 Å². The summed E-state index contributed by atoms with van der Waals surface area (Å²) in [6.07, 6.45) is 2.26. The normalized spacial score (nSPS) is 15.9. The largest absolute Gasteiger partial charge is 0.367 e. The molecule has 1 aliphatic rings. The van der Waals surface area contributed by atoms with Gasteiger partial charge < -0.3 is 5.32 Å². The Labute approximate surface area is 171 Å². The number of nitrogens with zero attached hydrogens (tertiary/aromatic N) is 4. The fourth-order valence-corrected chi connectivity index (χ4v) is 4.34. The summed E-state index contributed by atoms with van der Waals surface area (Å²) in [5.74, 6) is 0.977. The molecule has 1 saturated heterocycles. The van der Waals surface area contributed by atoms with E-state index in [0.717, 1.165) is 60.5 Å². The predicted molar refractivity (Wildman–Crippen MR) is 118 cm³/mol. The number of para-hydroxylation sites is 1. The average molecular weight is 386 g/mol.